The molecule has 0 aromatic heterocycles. The lowest BCUT2D eigenvalue weighted by Gasteiger charge is -2.08. The van der Waals surface area contributed by atoms with Crippen LogP contribution in [0.25, 0.3) is 0 Å². The molecule has 0 saturated carbocycles. The number of nitrogens with two attached hydrogens (primary N) is 1. The van der Waals surface area contributed by atoms with E-state index < -0.39 is 28.7 Å². The van der Waals surface area contributed by atoms with Crippen LogP contribution in [0.2, 0.25) is 0 Å². The summed E-state index contributed by atoms with van der Waals surface area (Å²) in [4.78, 5) is 0. The number of benzene rings is 1. The Hall–Kier alpha value is -1.05. The number of halogens is 2. The maximum atomic E-state index is 13.3. The van der Waals surface area contributed by atoms with Crippen molar-refractivity contribution in [2.24, 2.45) is 5.14 Å². The average molecular weight is 236 g/mol. The topological polar surface area (TPSA) is 72.2 Å². The quantitative estimate of drug-likeness (QED) is 0.804. The minimum absolute atomic E-state index is 0.0613. The average Bonchev–Trinajstić information content (AvgIpc) is 2.13. The molecule has 0 fully saturated rings. The predicted molar refractivity (Wildman–Crippen MR) is 51.4 cm³/mol. The molecule has 3 N–H and O–H groups in total. The van der Waals surface area contributed by atoms with E-state index in [1.807, 2.05) is 0 Å². The van der Waals surface area contributed by atoms with E-state index in [0.717, 1.165) is 6.07 Å². The van der Waals surface area contributed by atoms with E-state index in [2.05, 4.69) is 5.14 Å². The van der Waals surface area contributed by atoms with Gasteiger partial charge in [-0.1, -0.05) is 12.1 Å². The van der Waals surface area contributed by atoms with Crippen molar-refractivity contribution < 1.29 is 17.2 Å². The predicted octanol–water partition coefficient (Wildman–Crippen LogP) is 0.629. The number of hydrogen-bond acceptors (Lipinski definition) is 2. The van der Waals surface area contributed by atoms with Crippen molar-refractivity contribution in [1.82, 2.24) is 4.72 Å². The Morgan fingerprint density at radius 1 is 1.47 bits per heavy atom. The summed E-state index contributed by atoms with van der Waals surface area (Å²) in [5.74, 6) is -0.578. The minimum atomic E-state index is -3.92. The number of nitrogens with one attached hydrogen (secondary N) is 1. The molecular weight excluding hydrogens is 226 g/mol. The molecule has 0 bridgehead atoms. The van der Waals surface area contributed by atoms with Gasteiger partial charge in [0.2, 0.25) is 0 Å². The molecule has 1 rings (SSSR count). The second kappa shape index (κ2) is 4.65. The molecule has 0 aliphatic heterocycles. The Bertz CT molecular complexity index is 436. The SMILES string of the molecule is NS(=O)(=O)NCC(F)c1cccc(F)c1. The van der Waals surface area contributed by atoms with Gasteiger partial charge in [0, 0.05) is 6.54 Å². The molecule has 0 amide bonds. The van der Waals surface area contributed by atoms with Gasteiger partial charge >= 0.3 is 0 Å². The zero-order chi connectivity index (χ0) is 11.5. The summed E-state index contributed by atoms with van der Waals surface area (Å²) in [6.45, 7) is -0.512. The summed E-state index contributed by atoms with van der Waals surface area (Å²) < 4.78 is 48.7. The zero-order valence-corrected chi connectivity index (χ0v) is 8.47. The highest BCUT2D eigenvalue weighted by molar-refractivity contribution is 7.87. The van der Waals surface area contributed by atoms with Crippen LogP contribution in [0.1, 0.15) is 11.7 Å². The lowest BCUT2D eigenvalue weighted by atomic mass is 10.1. The molecule has 0 aliphatic carbocycles. The van der Waals surface area contributed by atoms with Crippen LogP contribution in [0.5, 0.6) is 0 Å². The molecule has 0 spiro atoms. The largest absolute Gasteiger partial charge is 0.274 e. The fourth-order valence-corrected chi connectivity index (χ4v) is 1.39. The highest BCUT2D eigenvalue weighted by atomic mass is 32.2. The van der Waals surface area contributed by atoms with Gasteiger partial charge in [0.05, 0.1) is 0 Å². The van der Waals surface area contributed by atoms with Gasteiger partial charge in [-0.25, -0.2) is 13.9 Å². The van der Waals surface area contributed by atoms with Crippen LogP contribution < -0.4 is 9.86 Å². The monoisotopic (exact) mass is 236 g/mol. The van der Waals surface area contributed by atoms with Crippen LogP contribution in [0.4, 0.5) is 8.78 Å². The third kappa shape index (κ3) is 4.32. The van der Waals surface area contributed by atoms with Crippen LogP contribution in [0.3, 0.4) is 0 Å². The smallest absolute Gasteiger partial charge is 0.241 e. The molecule has 84 valence electrons. The van der Waals surface area contributed by atoms with Crippen LogP contribution in [-0.4, -0.2) is 15.0 Å². The van der Waals surface area contributed by atoms with Crippen LogP contribution in [-0.2, 0) is 10.2 Å². The second-order valence-corrected chi connectivity index (χ2v) is 4.29. The van der Waals surface area contributed by atoms with Gasteiger partial charge in [0.25, 0.3) is 10.2 Å². The number of rotatable bonds is 4. The Balaban J connectivity index is 2.65. The number of hydrogen-bond donors (Lipinski definition) is 2. The normalized spacial score (nSPS) is 13.8. The molecule has 0 saturated heterocycles. The van der Waals surface area contributed by atoms with Crippen molar-refractivity contribution in [2.75, 3.05) is 6.54 Å². The van der Waals surface area contributed by atoms with Gasteiger partial charge in [-0.3, -0.25) is 0 Å². The molecule has 1 aromatic carbocycles. The Morgan fingerprint density at radius 3 is 2.67 bits per heavy atom. The van der Waals surface area contributed by atoms with E-state index in [9.17, 15) is 17.2 Å². The Kier molecular flexibility index (Phi) is 3.72. The molecule has 1 aromatic rings. The lowest BCUT2D eigenvalue weighted by molar-refractivity contribution is 0.342. The van der Waals surface area contributed by atoms with Crippen molar-refractivity contribution in [2.45, 2.75) is 6.17 Å². The van der Waals surface area contributed by atoms with Crippen molar-refractivity contribution >= 4 is 10.2 Å². The minimum Gasteiger partial charge on any atom is -0.241 e. The van der Waals surface area contributed by atoms with Crippen molar-refractivity contribution in [3.8, 4) is 0 Å². The van der Waals surface area contributed by atoms with Crippen molar-refractivity contribution in [3.63, 3.8) is 0 Å². The molecule has 15 heavy (non-hydrogen) atoms. The second-order valence-electron chi connectivity index (χ2n) is 2.92. The highest BCUT2D eigenvalue weighted by Gasteiger charge is 2.12. The number of alkyl halides is 1. The van der Waals surface area contributed by atoms with E-state index >= 15 is 0 Å². The van der Waals surface area contributed by atoms with Crippen molar-refractivity contribution in [3.05, 3.63) is 35.6 Å². The van der Waals surface area contributed by atoms with E-state index in [1.54, 1.807) is 4.72 Å². The van der Waals surface area contributed by atoms with E-state index in [4.69, 9.17) is 0 Å². The maximum absolute atomic E-state index is 13.3. The van der Waals surface area contributed by atoms with Gasteiger partial charge in [-0.15, -0.1) is 0 Å². The lowest BCUT2D eigenvalue weighted by Crippen LogP contribution is -2.33. The fourth-order valence-electron chi connectivity index (χ4n) is 1.01. The summed E-state index contributed by atoms with van der Waals surface area (Å²) in [5, 5.41) is 4.61. The molecule has 1 unspecified atom stereocenters. The first-order valence-electron chi connectivity index (χ1n) is 4.05. The van der Waals surface area contributed by atoms with Gasteiger partial charge < -0.3 is 0 Å². The van der Waals surface area contributed by atoms with E-state index in [-0.39, 0.29) is 5.56 Å². The van der Waals surface area contributed by atoms with Gasteiger partial charge in [-0.05, 0) is 17.7 Å². The first kappa shape index (κ1) is 12.0. The molecule has 0 aliphatic rings. The molecule has 4 nitrogen and oxygen atoms in total. The third-order valence-electron chi connectivity index (χ3n) is 1.67. The van der Waals surface area contributed by atoms with E-state index in [1.165, 1.54) is 18.2 Å². The highest BCUT2D eigenvalue weighted by Crippen LogP contribution is 2.17. The summed E-state index contributed by atoms with van der Waals surface area (Å²) >= 11 is 0. The summed E-state index contributed by atoms with van der Waals surface area (Å²) in [7, 11) is -3.92. The Morgan fingerprint density at radius 2 is 2.13 bits per heavy atom. The zero-order valence-electron chi connectivity index (χ0n) is 7.65. The van der Waals surface area contributed by atoms with Gasteiger partial charge in [0.1, 0.15) is 12.0 Å². The summed E-state index contributed by atoms with van der Waals surface area (Å²) in [6, 6.07) is 4.87. The first-order chi connectivity index (χ1) is 6.88. The standard InChI is InChI=1S/C8H10F2N2O2S/c9-7-3-1-2-6(4-7)8(10)5-12-15(11,13)14/h1-4,8,12H,5H2,(H2,11,13,14). The van der Waals surface area contributed by atoms with Crippen LogP contribution >= 0.6 is 0 Å². The van der Waals surface area contributed by atoms with Gasteiger partial charge in [-0.2, -0.15) is 13.1 Å². The van der Waals surface area contributed by atoms with E-state index in [0.29, 0.717) is 0 Å². The summed E-state index contributed by atoms with van der Waals surface area (Å²) in [5.41, 5.74) is 0.0613. The first-order valence-corrected chi connectivity index (χ1v) is 5.60. The Labute approximate surface area is 86.3 Å². The van der Waals surface area contributed by atoms with Crippen LogP contribution in [0, 0.1) is 5.82 Å². The summed E-state index contributed by atoms with van der Waals surface area (Å²) in [6.07, 6.45) is -1.63. The van der Waals surface area contributed by atoms with Crippen molar-refractivity contribution in [1.29, 1.82) is 0 Å². The molecule has 0 heterocycles. The molecule has 1 atom stereocenters. The fraction of sp³-hybridized carbons (Fsp3) is 0.250. The van der Waals surface area contributed by atoms with Crippen LogP contribution in [0.15, 0.2) is 24.3 Å². The van der Waals surface area contributed by atoms with Gasteiger partial charge in [0.15, 0.2) is 0 Å². The maximum Gasteiger partial charge on any atom is 0.274 e. The molecule has 7 heteroatoms. The third-order valence-corrected chi connectivity index (χ3v) is 2.24. The molecular formula is C8H10F2N2O2S. The molecule has 0 radical (unpaired) electrons.